The molecule has 0 unspecified atom stereocenters. The van der Waals surface area contributed by atoms with Crippen LogP contribution in [0.3, 0.4) is 0 Å². The van der Waals surface area contributed by atoms with Crippen molar-refractivity contribution in [3.8, 4) is 6.07 Å². The van der Waals surface area contributed by atoms with Gasteiger partial charge in [-0.25, -0.2) is 4.79 Å². The molecule has 1 heterocycles. The molecule has 0 aliphatic heterocycles. The van der Waals surface area contributed by atoms with E-state index in [-0.39, 0.29) is 18.1 Å². The Morgan fingerprint density at radius 1 is 1.33 bits per heavy atom. The fraction of sp³-hybridized carbons (Fsp3) is 0.471. The molecule has 0 aromatic carbocycles. The normalized spacial score (nSPS) is 14.6. The average Bonchev–Trinajstić information content (AvgIpc) is 2.94. The van der Waals surface area contributed by atoms with E-state index in [0.717, 1.165) is 25.5 Å². The Morgan fingerprint density at radius 2 is 2.08 bits per heavy atom. The lowest BCUT2D eigenvalue weighted by molar-refractivity contribution is -0.138. The number of nitriles is 1. The number of nitrogens with zero attached hydrogens (tertiary/aromatic N) is 1. The minimum absolute atomic E-state index is 0.185. The third kappa shape index (κ3) is 4.83. The minimum Gasteiger partial charge on any atom is -0.462 e. The molecule has 0 saturated heterocycles. The molecule has 1 aliphatic carbocycles. The number of aryl methyl sites for hydroxylation is 2. The Hall–Kier alpha value is -2.33. The fourth-order valence-corrected chi connectivity index (χ4v) is 3.69. The van der Waals surface area contributed by atoms with Crippen LogP contribution in [0.15, 0.2) is 17.8 Å². The van der Waals surface area contributed by atoms with Crippen molar-refractivity contribution in [3.63, 3.8) is 0 Å². The van der Waals surface area contributed by atoms with Crippen LogP contribution in [0, 0.1) is 11.3 Å². The largest absolute Gasteiger partial charge is 0.462 e. The predicted molar refractivity (Wildman–Crippen MR) is 91.1 cm³/mol. The monoisotopic (exact) mass is 347 g/mol. The van der Waals surface area contributed by atoms with Gasteiger partial charge in [0.15, 0.2) is 5.57 Å². The van der Waals surface area contributed by atoms with Gasteiger partial charge < -0.3 is 10.2 Å². The van der Waals surface area contributed by atoms with E-state index < -0.39 is 5.97 Å². The number of hydrogen-bond donors (Lipinski definition) is 2. The zero-order valence-corrected chi connectivity index (χ0v) is 14.5. The second-order valence-electron chi connectivity index (χ2n) is 5.46. The molecule has 0 atom stereocenters. The molecular weight excluding hydrogens is 326 g/mol. The van der Waals surface area contributed by atoms with Gasteiger partial charge in [-0.1, -0.05) is 12.8 Å². The summed E-state index contributed by atoms with van der Waals surface area (Å²) in [6.45, 7) is 1.84. The molecule has 128 valence electrons. The van der Waals surface area contributed by atoms with Crippen molar-refractivity contribution in [2.45, 2.75) is 45.4 Å². The van der Waals surface area contributed by atoms with Crippen LogP contribution in [0.5, 0.6) is 0 Å². The summed E-state index contributed by atoms with van der Waals surface area (Å²) in [7, 11) is 0. The van der Waals surface area contributed by atoms with Crippen LogP contribution in [-0.4, -0.2) is 18.5 Å². The summed E-state index contributed by atoms with van der Waals surface area (Å²) in [6, 6.07) is 3.68. The van der Waals surface area contributed by atoms with Crippen LogP contribution in [0.1, 0.15) is 52.7 Å². The molecule has 0 radical (unpaired) electrons. The standard InChI is InChI=1S/C17H21N3O3S/c1-2-23-17(22)13(10-18)11-19-20-16(21)15-9-12-7-5-3-4-6-8-14(12)24-15/h9,11,19H,2-8H2,1H3,(H,20,21). The maximum Gasteiger partial charge on any atom is 0.350 e. The molecule has 0 spiro atoms. The smallest absolute Gasteiger partial charge is 0.350 e. The Balaban J connectivity index is 1.96. The maximum atomic E-state index is 12.2. The van der Waals surface area contributed by atoms with Gasteiger partial charge in [-0.3, -0.25) is 10.2 Å². The van der Waals surface area contributed by atoms with Crippen LogP contribution in [-0.2, 0) is 22.4 Å². The predicted octanol–water partition coefficient (Wildman–Crippen LogP) is 2.61. The number of hydrazine groups is 1. The summed E-state index contributed by atoms with van der Waals surface area (Å²) in [5.41, 5.74) is 6.06. The van der Waals surface area contributed by atoms with Crippen molar-refractivity contribution >= 4 is 23.2 Å². The quantitative estimate of drug-likeness (QED) is 0.370. The first-order chi connectivity index (χ1) is 11.7. The van der Waals surface area contributed by atoms with Gasteiger partial charge in [0, 0.05) is 11.1 Å². The van der Waals surface area contributed by atoms with E-state index >= 15 is 0 Å². The molecule has 7 heteroatoms. The van der Waals surface area contributed by atoms with Crippen molar-refractivity contribution in [1.29, 1.82) is 5.26 Å². The van der Waals surface area contributed by atoms with E-state index in [0.29, 0.717) is 4.88 Å². The van der Waals surface area contributed by atoms with Crippen LogP contribution >= 0.6 is 11.3 Å². The number of esters is 1. The molecule has 24 heavy (non-hydrogen) atoms. The summed E-state index contributed by atoms with van der Waals surface area (Å²) < 4.78 is 4.74. The van der Waals surface area contributed by atoms with E-state index in [1.165, 1.54) is 41.0 Å². The third-order valence-electron chi connectivity index (χ3n) is 3.74. The molecule has 6 nitrogen and oxygen atoms in total. The Kier molecular flexibility index (Phi) is 6.82. The maximum absolute atomic E-state index is 12.2. The van der Waals surface area contributed by atoms with Crippen LogP contribution in [0.2, 0.25) is 0 Å². The molecule has 0 saturated carbocycles. The molecule has 1 aromatic heterocycles. The zero-order valence-electron chi connectivity index (χ0n) is 13.7. The van der Waals surface area contributed by atoms with Gasteiger partial charge in [0.05, 0.1) is 11.5 Å². The van der Waals surface area contributed by atoms with Gasteiger partial charge in [0.1, 0.15) is 6.07 Å². The van der Waals surface area contributed by atoms with Crippen LogP contribution in [0.25, 0.3) is 0 Å². The van der Waals surface area contributed by atoms with Crippen molar-refractivity contribution in [3.05, 3.63) is 33.2 Å². The summed E-state index contributed by atoms with van der Waals surface area (Å²) in [6.07, 6.45) is 8.01. The van der Waals surface area contributed by atoms with E-state index in [4.69, 9.17) is 10.00 Å². The fourth-order valence-electron chi connectivity index (χ4n) is 2.54. The van der Waals surface area contributed by atoms with Gasteiger partial charge in [0.25, 0.3) is 5.91 Å². The van der Waals surface area contributed by atoms with Gasteiger partial charge >= 0.3 is 5.97 Å². The van der Waals surface area contributed by atoms with Crippen LogP contribution in [0.4, 0.5) is 0 Å². The first-order valence-corrected chi connectivity index (χ1v) is 8.92. The number of thiophene rings is 1. The van der Waals surface area contributed by atoms with Crippen molar-refractivity contribution in [2.24, 2.45) is 0 Å². The highest BCUT2D eigenvalue weighted by Crippen LogP contribution is 2.28. The number of carbonyl (C=O) groups is 2. The number of amides is 1. The number of rotatable bonds is 5. The lowest BCUT2D eigenvalue weighted by Crippen LogP contribution is -2.33. The topological polar surface area (TPSA) is 91.2 Å². The second-order valence-corrected chi connectivity index (χ2v) is 6.60. The number of fused-ring (bicyclic) bond motifs is 1. The van der Waals surface area contributed by atoms with Gasteiger partial charge in [-0.2, -0.15) is 5.26 Å². The highest BCUT2D eigenvalue weighted by molar-refractivity contribution is 7.14. The average molecular weight is 347 g/mol. The van der Waals surface area contributed by atoms with Crippen molar-refractivity contribution < 1.29 is 14.3 Å². The van der Waals surface area contributed by atoms with Gasteiger partial charge in [-0.05, 0) is 44.2 Å². The lowest BCUT2D eigenvalue weighted by Gasteiger charge is -2.07. The van der Waals surface area contributed by atoms with E-state index in [9.17, 15) is 9.59 Å². The zero-order chi connectivity index (χ0) is 17.4. The first kappa shape index (κ1) is 18.0. The van der Waals surface area contributed by atoms with Crippen molar-refractivity contribution in [1.82, 2.24) is 10.9 Å². The number of nitrogens with one attached hydrogen (secondary N) is 2. The summed E-state index contributed by atoms with van der Waals surface area (Å²) in [5, 5.41) is 8.90. The van der Waals surface area contributed by atoms with E-state index in [1.807, 2.05) is 6.07 Å². The van der Waals surface area contributed by atoms with Gasteiger partial charge in [-0.15, -0.1) is 11.3 Å². The first-order valence-electron chi connectivity index (χ1n) is 8.10. The minimum atomic E-state index is -0.721. The second kappa shape index (κ2) is 9.08. The van der Waals surface area contributed by atoms with Crippen molar-refractivity contribution in [2.75, 3.05) is 6.61 Å². The van der Waals surface area contributed by atoms with E-state index in [1.54, 1.807) is 13.0 Å². The molecule has 0 fully saturated rings. The Morgan fingerprint density at radius 3 is 2.79 bits per heavy atom. The molecule has 2 N–H and O–H groups in total. The molecule has 2 rings (SSSR count). The van der Waals surface area contributed by atoms with Gasteiger partial charge in [0.2, 0.25) is 0 Å². The highest BCUT2D eigenvalue weighted by atomic mass is 32.1. The Labute approximate surface area is 145 Å². The number of ether oxygens (including phenoxy) is 1. The summed E-state index contributed by atoms with van der Waals surface area (Å²) in [4.78, 5) is 25.6. The highest BCUT2D eigenvalue weighted by Gasteiger charge is 2.16. The summed E-state index contributed by atoms with van der Waals surface area (Å²) >= 11 is 1.52. The Bertz CT molecular complexity index is 648. The number of hydrogen-bond acceptors (Lipinski definition) is 6. The molecule has 0 bridgehead atoms. The molecular formula is C17H21N3O3S. The third-order valence-corrected chi connectivity index (χ3v) is 4.97. The molecule has 1 aliphatic rings. The lowest BCUT2D eigenvalue weighted by atomic mass is 10.00. The molecule has 1 aromatic rings. The summed E-state index contributed by atoms with van der Waals surface area (Å²) in [5.74, 6) is -0.995. The number of carbonyl (C=O) groups excluding carboxylic acids is 2. The SMILES string of the molecule is CCOC(=O)C(C#N)=CNNC(=O)c1cc2c(s1)CCCCCC2. The molecule has 1 amide bonds. The van der Waals surface area contributed by atoms with Crippen LogP contribution < -0.4 is 10.9 Å². The van der Waals surface area contributed by atoms with E-state index in [2.05, 4.69) is 10.9 Å².